The molecular weight excluding hydrogens is 264 g/mol. The summed E-state index contributed by atoms with van der Waals surface area (Å²) >= 11 is 0. The molecule has 0 aliphatic heterocycles. The maximum Gasteiger partial charge on any atom is -0.0161 e. The van der Waals surface area contributed by atoms with Crippen LogP contribution in [0.15, 0.2) is 74.3 Å². The van der Waals surface area contributed by atoms with Crippen molar-refractivity contribution in [2.24, 2.45) is 0 Å². The van der Waals surface area contributed by atoms with E-state index in [-0.39, 0.29) is 0 Å². The molecule has 0 aromatic heterocycles. The van der Waals surface area contributed by atoms with Crippen molar-refractivity contribution in [3.8, 4) is 0 Å². The molecule has 0 heteroatoms. The van der Waals surface area contributed by atoms with Crippen LogP contribution in [0.2, 0.25) is 0 Å². The molecule has 0 nitrogen and oxygen atoms in total. The molecule has 2 aromatic carbocycles. The second kappa shape index (κ2) is 11.3. The first-order valence-electron chi connectivity index (χ1n) is 7.65. The highest BCUT2D eigenvalue weighted by atomic mass is 14.0. The SMILES string of the molecule is C=CC(=C)c1ccccc1C.C=Cc1ccccc1C.CC. The Morgan fingerprint density at radius 3 is 1.73 bits per heavy atom. The van der Waals surface area contributed by atoms with Crippen LogP contribution in [0.5, 0.6) is 0 Å². The maximum absolute atomic E-state index is 3.89. The van der Waals surface area contributed by atoms with E-state index >= 15 is 0 Å². The number of hydrogen-bond acceptors (Lipinski definition) is 0. The highest BCUT2D eigenvalue weighted by Gasteiger charge is 1.96. The lowest BCUT2D eigenvalue weighted by Crippen LogP contribution is -1.82. The third-order valence-electron chi connectivity index (χ3n) is 3.15. The average Bonchev–Trinajstić information content (AvgIpc) is 2.57. The Labute approximate surface area is 136 Å². The van der Waals surface area contributed by atoms with E-state index in [9.17, 15) is 0 Å². The molecule has 0 fully saturated rings. The Kier molecular flexibility index (Phi) is 10.1. The van der Waals surface area contributed by atoms with Crippen molar-refractivity contribution in [1.82, 2.24) is 0 Å². The van der Waals surface area contributed by atoms with Gasteiger partial charge in [0.15, 0.2) is 0 Å². The van der Waals surface area contributed by atoms with Crippen LogP contribution >= 0.6 is 0 Å². The zero-order valence-corrected chi connectivity index (χ0v) is 14.4. The summed E-state index contributed by atoms with van der Waals surface area (Å²) in [6.07, 6.45) is 3.65. The summed E-state index contributed by atoms with van der Waals surface area (Å²) in [5.41, 5.74) is 5.92. The van der Waals surface area contributed by atoms with Crippen molar-refractivity contribution in [1.29, 1.82) is 0 Å². The second-order valence-corrected chi connectivity index (χ2v) is 4.60. The van der Waals surface area contributed by atoms with E-state index in [1.54, 1.807) is 6.08 Å². The number of hydrogen-bond donors (Lipinski definition) is 0. The summed E-state index contributed by atoms with van der Waals surface area (Å²) in [5.74, 6) is 0. The van der Waals surface area contributed by atoms with E-state index in [4.69, 9.17) is 0 Å². The van der Waals surface area contributed by atoms with Crippen LogP contribution in [0, 0.1) is 13.8 Å². The largest absolute Gasteiger partial charge is 0.0985 e. The van der Waals surface area contributed by atoms with Crippen LogP contribution in [0.1, 0.15) is 36.1 Å². The van der Waals surface area contributed by atoms with E-state index in [1.807, 2.05) is 44.2 Å². The quantitative estimate of drug-likeness (QED) is 0.542. The molecule has 116 valence electrons. The fourth-order valence-electron chi connectivity index (χ4n) is 1.86. The van der Waals surface area contributed by atoms with Gasteiger partial charge < -0.3 is 0 Å². The standard InChI is InChI=1S/C11H12.C9H10.C2H6/c1-4-9(2)11-8-6-5-7-10(11)3;1-3-9-7-5-4-6-8(9)2;1-2/h4-8H,1-2H2,3H3;3-7H,1H2,2H3;1-2H3. The van der Waals surface area contributed by atoms with E-state index in [0.29, 0.717) is 0 Å². The minimum atomic E-state index is 0.989. The first-order chi connectivity index (χ1) is 10.6. The van der Waals surface area contributed by atoms with Crippen LogP contribution in [0.4, 0.5) is 0 Å². The Bertz CT molecular complexity index is 603. The van der Waals surface area contributed by atoms with E-state index in [2.05, 4.69) is 57.8 Å². The van der Waals surface area contributed by atoms with Crippen LogP contribution in [-0.4, -0.2) is 0 Å². The Morgan fingerprint density at radius 2 is 1.32 bits per heavy atom. The highest BCUT2D eigenvalue weighted by molar-refractivity contribution is 5.73. The summed E-state index contributed by atoms with van der Waals surface area (Å²) in [6.45, 7) is 19.4. The number of rotatable bonds is 3. The van der Waals surface area contributed by atoms with Crippen LogP contribution in [-0.2, 0) is 0 Å². The molecule has 0 aliphatic carbocycles. The van der Waals surface area contributed by atoms with Crippen LogP contribution < -0.4 is 0 Å². The predicted octanol–water partition coefficient (Wildman–Crippen LogP) is 6.86. The molecule has 0 aliphatic rings. The molecule has 0 spiro atoms. The summed E-state index contributed by atoms with van der Waals surface area (Å²) in [7, 11) is 0. The lowest BCUT2D eigenvalue weighted by molar-refractivity contribution is 1.43. The van der Waals surface area contributed by atoms with Gasteiger partial charge in [0.05, 0.1) is 0 Å². The Hall–Kier alpha value is -2.34. The second-order valence-electron chi connectivity index (χ2n) is 4.60. The first-order valence-corrected chi connectivity index (χ1v) is 7.65. The average molecular weight is 292 g/mol. The Morgan fingerprint density at radius 1 is 0.818 bits per heavy atom. The molecule has 0 heterocycles. The highest BCUT2D eigenvalue weighted by Crippen LogP contribution is 2.16. The lowest BCUT2D eigenvalue weighted by Gasteiger charge is -2.03. The molecule has 0 saturated carbocycles. The monoisotopic (exact) mass is 292 g/mol. The molecule has 0 amide bonds. The summed E-state index contributed by atoms with van der Waals surface area (Å²) < 4.78 is 0. The topological polar surface area (TPSA) is 0 Å². The zero-order chi connectivity index (χ0) is 17.0. The minimum Gasteiger partial charge on any atom is -0.0985 e. The van der Waals surface area contributed by atoms with Crippen molar-refractivity contribution >= 4 is 11.6 Å². The summed E-state index contributed by atoms with van der Waals surface area (Å²) in [4.78, 5) is 0. The molecule has 2 rings (SSSR count). The van der Waals surface area contributed by atoms with E-state index in [1.165, 1.54) is 22.3 Å². The van der Waals surface area contributed by atoms with Crippen LogP contribution in [0.25, 0.3) is 11.6 Å². The number of allylic oxidation sites excluding steroid dienone is 2. The van der Waals surface area contributed by atoms with Crippen molar-refractivity contribution in [3.63, 3.8) is 0 Å². The van der Waals surface area contributed by atoms with Crippen molar-refractivity contribution in [3.05, 3.63) is 96.6 Å². The normalized spacial score (nSPS) is 8.55. The molecule has 0 unspecified atom stereocenters. The molecule has 0 radical (unpaired) electrons. The van der Waals surface area contributed by atoms with Gasteiger partial charge in [0, 0.05) is 0 Å². The van der Waals surface area contributed by atoms with Crippen molar-refractivity contribution < 1.29 is 0 Å². The van der Waals surface area contributed by atoms with Gasteiger partial charge in [0.25, 0.3) is 0 Å². The van der Waals surface area contributed by atoms with Gasteiger partial charge in [-0.1, -0.05) is 94.3 Å². The number of aryl methyl sites for hydroxylation is 2. The van der Waals surface area contributed by atoms with Gasteiger partial charge in [-0.2, -0.15) is 0 Å². The molecule has 0 atom stereocenters. The Balaban J connectivity index is 0.000000366. The predicted molar refractivity (Wildman–Crippen MR) is 103 cm³/mol. The van der Waals surface area contributed by atoms with Gasteiger partial charge in [-0.25, -0.2) is 0 Å². The molecule has 2 aromatic rings. The fraction of sp³-hybridized carbons (Fsp3) is 0.182. The van der Waals surface area contributed by atoms with Gasteiger partial charge in [0.1, 0.15) is 0 Å². The molecule has 0 saturated heterocycles. The smallest absolute Gasteiger partial charge is 0.0161 e. The fourth-order valence-corrected chi connectivity index (χ4v) is 1.86. The van der Waals surface area contributed by atoms with E-state index < -0.39 is 0 Å². The van der Waals surface area contributed by atoms with Gasteiger partial charge in [0.2, 0.25) is 0 Å². The molecular formula is C22H28. The van der Waals surface area contributed by atoms with E-state index in [0.717, 1.165) is 5.57 Å². The third kappa shape index (κ3) is 6.41. The maximum atomic E-state index is 3.89. The molecule has 22 heavy (non-hydrogen) atoms. The van der Waals surface area contributed by atoms with Crippen LogP contribution in [0.3, 0.4) is 0 Å². The molecule has 0 bridgehead atoms. The van der Waals surface area contributed by atoms with Gasteiger partial charge in [-0.15, -0.1) is 0 Å². The van der Waals surface area contributed by atoms with Crippen molar-refractivity contribution in [2.75, 3.05) is 0 Å². The third-order valence-corrected chi connectivity index (χ3v) is 3.15. The minimum absolute atomic E-state index is 0.989. The molecule has 0 N–H and O–H groups in total. The van der Waals surface area contributed by atoms with Gasteiger partial charge >= 0.3 is 0 Å². The summed E-state index contributed by atoms with van der Waals surface area (Å²) in [5, 5.41) is 0. The van der Waals surface area contributed by atoms with Crippen molar-refractivity contribution in [2.45, 2.75) is 27.7 Å². The lowest BCUT2D eigenvalue weighted by atomic mass is 10.0. The zero-order valence-electron chi connectivity index (χ0n) is 14.4. The van der Waals surface area contributed by atoms with Gasteiger partial charge in [-0.05, 0) is 41.7 Å². The van der Waals surface area contributed by atoms with Gasteiger partial charge in [-0.3, -0.25) is 0 Å². The number of benzene rings is 2. The first kappa shape index (κ1) is 19.7. The summed E-state index contributed by atoms with van der Waals surface area (Å²) in [6, 6.07) is 16.3.